The first kappa shape index (κ1) is 20.2. The van der Waals surface area contributed by atoms with Crippen LogP contribution >= 0.6 is 0 Å². The molecule has 0 aliphatic rings. The minimum absolute atomic E-state index is 0.0966. The van der Waals surface area contributed by atoms with Gasteiger partial charge in [0.05, 0.1) is 0 Å². The van der Waals surface area contributed by atoms with Crippen molar-refractivity contribution in [2.75, 3.05) is 20.3 Å². The molecule has 0 saturated carbocycles. The smallest absolute Gasteiger partial charge is 0.263 e. The van der Waals surface area contributed by atoms with Crippen molar-refractivity contribution in [2.24, 2.45) is 0 Å². The predicted octanol–water partition coefficient (Wildman–Crippen LogP) is 3.25. The molecule has 0 radical (unpaired) electrons. The monoisotopic (exact) mass is 363 g/mol. The van der Waals surface area contributed by atoms with E-state index in [1.165, 1.54) is 0 Å². The highest BCUT2D eigenvalue weighted by Gasteiger charge is 2.12. The average molecular weight is 363 g/mol. The van der Waals surface area contributed by atoms with E-state index in [2.05, 4.69) is 5.32 Å². The number of rotatable bonds is 10. The number of hydrogen-bond acceptors (Lipinski definition) is 4. The van der Waals surface area contributed by atoms with Crippen molar-refractivity contribution in [3.8, 4) is 6.07 Å². The Hall–Kier alpha value is -3.10. The van der Waals surface area contributed by atoms with E-state index in [-0.39, 0.29) is 11.5 Å². The normalized spacial score (nSPS) is 10.9. The lowest BCUT2D eigenvalue weighted by Crippen LogP contribution is -2.28. The Morgan fingerprint density at radius 1 is 1.07 bits per heavy atom. The summed E-state index contributed by atoms with van der Waals surface area (Å²) in [7, 11) is 1.62. The molecule has 0 atom stereocenters. The molecule has 0 aromatic heterocycles. The van der Waals surface area contributed by atoms with Crippen LogP contribution in [-0.2, 0) is 22.6 Å². The molecule has 0 unspecified atom stereocenters. The summed E-state index contributed by atoms with van der Waals surface area (Å²) in [4.78, 5) is 14.3. The van der Waals surface area contributed by atoms with E-state index in [9.17, 15) is 10.1 Å². The van der Waals surface area contributed by atoms with Gasteiger partial charge < -0.3 is 15.0 Å². The van der Waals surface area contributed by atoms with Crippen molar-refractivity contribution in [1.82, 2.24) is 10.2 Å². The molecule has 2 aromatic rings. The van der Waals surface area contributed by atoms with Crippen LogP contribution in [0.3, 0.4) is 0 Å². The summed E-state index contributed by atoms with van der Waals surface area (Å²) in [6.07, 6.45) is 2.35. The van der Waals surface area contributed by atoms with Crippen molar-refractivity contribution in [3.05, 3.63) is 83.6 Å². The van der Waals surface area contributed by atoms with Crippen LogP contribution in [0.15, 0.2) is 72.4 Å². The third-order valence-electron chi connectivity index (χ3n) is 3.94. The molecule has 1 N–H and O–H groups in total. The van der Waals surface area contributed by atoms with Gasteiger partial charge in [0.15, 0.2) is 0 Å². The largest absolute Gasteiger partial charge is 0.385 e. The molecule has 5 heteroatoms. The van der Waals surface area contributed by atoms with Gasteiger partial charge in [0.2, 0.25) is 0 Å². The van der Waals surface area contributed by atoms with Crippen molar-refractivity contribution in [1.29, 1.82) is 5.26 Å². The summed E-state index contributed by atoms with van der Waals surface area (Å²) < 4.78 is 4.97. The third kappa shape index (κ3) is 7.35. The second-order valence-corrected chi connectivity index (χ2v) is 6.13. The van der Waals surface area contributed by atoms with Crippen LogP contribution in [0.1, 0.15) is 17.5 Å². The summed E-state index contributed by atoms with van der Waals surface area (Å²) in [5, 5.41) is 12.2. The van der Waals surface area contributed by atoms with Gasteiger partial charge >= 0.3 is 0 Å². The maximum atomic E-state index is 12.3. The molecule has 0 saturated heterocycles. The van der Waals surface area contributed by atoms with Crippen molar-refractivity contribution in [3.63, 3.8) is 0 Å². The number of amides is 1. The lowest BCUT2D eigenvalue weighted by molar-refractivity contribution is -0.117. The van der Waals surface area contributed by atoms with Gasteiger partial charge in [-0.05, 0) is 17.5 Å². The van der Waals surface area contributed by atoms with Crippen LogP contribution in [0, 0.1) is 11.3 Å². The van der Waals surface area contributed by atoms with E-state index >= 15 is 0 Å². The zero-order chi connectivity index (χ0) is 19.3. The second kappa shape index (κ2) is 11.5. The predicted molar refractivity (Wildman–Crippen MR) is 105 cm³/mol. The molecule has 1 amide bonds. The fraction of sp³-hybridized carbons (Fsp3) is 0.273. The quantitative estimate of drug-likeness (QED) is 0.400. The summed E-state index contributed by atoms with van der Waals surface area (Å²) in [5.74, 6) is -0.361. The van der Waals surface area contributed by atoms with E-state index in [1.807, 2.05) is 71.6 Å². The van der Waals surface area contributed by atoms with Crippen LogP contribution < -0.4 is 5.32 Å². The Morgan fingerprint density at radius 3 is 2.11 bits per heavy atom. The molecule has 0 fully saturated rings. The minimum atomic E-state index is -0.361. The molecule has 5 nitrogen and oxygen atoms in total. The SMILES string of the molecule is COCCCNC(=O)/C(C#N)=C\N(Cc1ccccc1)Cc1ccccc1. The number of carbonyl (C=O) groups is 1. The topological polar surface area (TPSA) is 65.4 Å². The number of nitrogens with one attached hydrogen (secondary N) is 1. The zero-order valence-corrected chi connectivity index (χ0v) is 15.6. The Morgan fingerprint density at radius 2 is 1.63 bits per heavy atom. The first-order chi connectivity index (χ1) is 13.2. The molecule has 0 heterocycles. The summed E-state index contributed by atoms with van der Waals surface area (Å²) in [5.41, 5.74) is 2.32. The van der Waals surface area contributed by atoms with Gasteiger partial charge in [0.1, 0.15) is 11.6 Å². The summed E-state index contributed by atoms with van der Waals surface area (Å²) in [6, 6.07) is 22.0. The van der Waals surface area contributed by atoms with Crippen LogP contribution in [0.5, 0.6) is 0 Å². The zero-order valence-electron chi connectivity index (χ0n) is 15.6. The number of ether oxygens (including phenoxy) is 1. The number of nitriles is 1. The van der Waals surface area contributed by atoms with Crippen LogP contribution in [0.2, 0.25) is 0 Å². The number of hydrogen-bond donors (Lipinski definition) is 1. The van der Waals surface area contributed by atoms with E-state index < -0.39 is 0 Å². The van der Waals surface area contributed by atoms with Gasteiger partial charge in [-0.2, -0.15) is 5.26 Å². The molecule has 140 valence electrons. The highest BCUT2D eigenvalue weighted by Crippen LogP contribution is 2.12. The van der Waals surface area contributed by atoms with Crippen molar-refractivity contribution in [2.45, 2.75) is 19.5 Å². The number of methoxy groups -OCH3 is 1. The van der Waals surface area contributed by atoms with E-state index in [4.69, 9.17) is 4.74 Å². The Labute approximate surface area is 160 Å². The maximum Gasteiger partial charge on any atom is 0.263 e. The van der Waals surface area contributed by atoms with Gasteiger partial charge in [-0.3, -0.25) is 4.79 Å². The van der Waals surface area contributed by atoms with Gasteiger partial charge in [-0.1, -0.05) is 60.7 Å². The van der Waals surface area contributed by atoms with Crippen molar-refractivity contribution < 1.29 is 9.53 Å². The lowest BCUT2D eigenvalue weighted by atomic mass is 10.1. The molecular formula is C22H25N3O2. The average Bonchev–Trinajstić information content (AvgIpc) is 2.70. The molecule has 0 aliphatic heterocycles. The molecule has 2 rings (SSSR count). The maximum absolute atomic E-state index is 12.3. The van der Waals surface area contributed by atoms with Gasteiger partial charge in [-0.15, -0.1) is 0 Å². The summed E-state index contributed by atoms with van der Waals surface area (Å²) in [6.45, 7) is 2.26. The molecular weight excluding hydrogens is 338 g/mol. The molecule has 2 aromatic carbocycles. The standard InChI is InChI=1S/C22H25N3O2/c1-27-14-8-13-24-22(26)21(15-23)18-25(16-19-9-4-2-5-10-19)17-20-11-6-3-7-12-20/h2-7,9-12,18H,8,13-14,16-17H2,1H3,(H,24,26)/b21-18-. The first-order valence-corrected chi connectivity index (χ1v) is 8.94. The van der Waals surface area contributed by atoms with Gasteiger partial charge in [0, 0.05) is 39.6 Å². The second-order valence-electron chi connectivity index (χ2n) is 6.13. The first-order valence-electron chi connectivity index (χ1n) is 8.94. The number of carbonyl (C=O) groups excluding carboxylic acids is 1. The molecule has 27 heavy (non-hydrogen) atoms. The summed E-state index contributed by atoms with van der Waals surface area (Å²) >= 11 is 0. The third-order valence-corrected chi connectivity index (χ3v) is 3.94. The van der Waals surface area contributed by atoms with Crippen molar-refractivity contribution >= 4 is 5.91 Å². The van der Waals surface area contributed by atoms with Gasteiger partial charge in [-0.25, -0.2) is 0 Å². The van der Waals surface area contributed by atoms with E-state index in [1.54, 1.807) is 13.3 Å². The Kier molecular flexibility index (Phi) is 8.61. The Balaban J connectivity index is 2.13. The molecule has 0 spiro atoms. The van der Waals surface area contributed by atoms with Crippen LogP contribution in [0.4, 0.5) is 0 Å². The number of benzene rings is 2. The fourth-order valence-corrected chi connectivity index (χ4v) is 2.62. The Bertz CT molecular complexity index is 726. The minimum Gasteiger partial charge on any atom is -0.385 e. The lowest BCUT2D eigenvalue weighted by Gasteiger charge is -2.21. The molecule has 0 aliphatic carbocycles. The fourth-order valence-electron chi connectivity index (χ4n) is 2.62. The molecule has 0 bridgehead atoms. The van der Waals surface area contributed by atoms with E-state index in [0.29, 0.717) is 32.7 Å². The van der Waals surface area contributed by atoms with Gasteiger partial charge in [0.25, 0.3) is 5.91 Å². The van der Waals surface area contributed by atoms with Crippen LogP contribution in [0.25, 0.3) is 0 Å². The van der Waals surface area contributed by atoms with Crippen LogP contribution in [-0.4, -0.2) is 31.1 Å². The highest BCUT2D eigenvalue weighted by atomic mass is 16.5. The van der Waals surface area contributed by atoms with E-state index in [0.717, 1.165) is 11.1 Å². The highest BCUT2D eigenvalue weighted by molar-refractivity contribution is 5.97. The number of nitrogens with zero attached hydrogens (tertiary/aromatic N) is 2.